The molecule has 1 saturated heterocycles. The van der Waals surface area contributed by atoms with Crippen molar-refractivity contribution in [3.8, 4) is 0 Å². The Hall–Kier alpha value is -2.49. The summed E-state index contributed by atoms with van der Waals surface area (Å²) in [5.74, 6) is 0.0444. The lowest BCUT2D eigenvalue weighted by atomic mass is 9.97. The number of methoxy groups -OCH3 is 1. The number of ether oxygens (including phenoxy) is 2. The molecule has 0 amide bonds. The van der Waals surface area contributed by atoms with Crippen LogP contribution in [0.4, 0.5) is 17.3 Å². The minimum atomic E-state index is -0.478. The summed E-state index contributed by atoms with van der Waals surface area (Å²) in [6, 6.07) is -0.143. The van der Waals surface area contributed by atoms with Crippen molar-refractivity contribution in [1.29, 1.82) is 0 Å². The Morgan fingerprint density at radius 3 is 2.73 bits per heavy atom. The van der Waals surface area contributed by atoms with Crippen molar-refractivity contribution in [3.05, 3.63) is 16.4 Å². The molecular weight excluding hydrogens is 342 g/mol. The SMILES string of the molecule is CCOC(=O)C1CCN(c2ncnc(NC(C)COC)c2[N+](=O)[O-])CC1. The van der Waals surface area contributed by atoms with E-state index < -0.39 is 4.92 Å². The van der Waals surface area contributed by atoms with Crippen LogP contribution in [0.1, 0.15) is 26.7 Å². The summed E-state index contributed by atoms with van der Waals surface area (Å²) >= 11 is 0. The van der Waals surface area contributed by atoms with Gasteiger partial charge < -0.3 is 19.7 Å². The molecule has 1 atom stereocenters. The van der Waals surface area contributed by atoms with Gasteiger partial charge in [-0.2, -0.15) is 0 Å². The fourth-order valence-electron chi connectivity index (χ4n) is 2.99. The molecule has 1 aliphatic rings. The lowest BCUT2D eigenvalue weighted by Gasteiger charge is -2.31. The van der Waals surface area contributed by atoms with Gasteiger partial charge in [0.1, 0.15) is 6.33 Å². The van der Waals surface area contributed by atoms with Gasteiger partial charge in [-0.05, 0) is 26.7 Å². The highest BCUT2D eigenvalue weighted by atomic mass is 16.6. The van der Waals surface area contributed by atoms with Crippen LogP contribution < -0.4 is 10.2 Å². The second-order valence-electron chi connectivity index (χ2n) is 6.17. The van der Waals surface area contributed by atoms with Gasteiger partial charge in [0.05, 0.1) is 24.1 Å². The number of hydrogen-bond donors (Lipinski definition) is 1. The van der Waals surface area contributed by atoms with Crippen LogP contribution in [-0.4, -0.2) is 60.3 Å². The van der Waals surface area contributed by atoms with E-state index in [0.717, 1.165) is 0 Å². The van der Waals surface area contributed by atoms with Crippen molar-refractivity contribution < 1.29 is 19.2 Å². The highest BCUT2D eigenvalue weighted by Gasteiger charge is 2.32. The van der Waals surface area contributed by atoms with Crippen LogP contribution in [0.2, 0.25) is 0 Å². The van der Waals surface area contributed by atoms with E-state index in [4.69, 9.17) is 9.47 Å². The molecule has 0 spiro atoms. The van der Waals surface area contributed by atoms with Crippen molar-refractivity contribution >= 4 is 23.3 Å². The predicted molar refractivity (Wildman–Crippen MR) is 95.2 cm³/mol. The van der Waals surface area contributed by atoms with Crippen molar-refractivity contribution in [2.45, 2.75) is 32.7 Å². The largest absolute Gasteiger partial charge is 0.466 e. The fraction of sp³-hybridized carbons (Fsp3) is 0.688. The summed E-state index contributed by atoms with van der Waals surface area (Å²) in [5.41, 5.74) is -0.162. The molecule has 0 radical (unpaired) electrons. The lowest BCUT2D eigenvalue weighted by Crippen LogP contribution is -2.38. The fourth-order valence-corrected chi connectivity index (χ4v) is 2.99. The second-order valence-corrected chi connectivity index (χ2v) is 6.17. The normalized spacial score (nSPS) is 16.2. The smallest absolute Gasteiger partial charge is 0.353 e. The highest BCUT2D eigenvalue weighted by Crippen LogP contribution is 2.34. The molecule has 2 heterocycles. The standard InChI is InChI=1S/C16H25N5O5/c1-4-26-16(22)12-5-7-20(8-6-12)15-13(21(23)24)14(17-10-18-15)19-11(2)9-25-3/h10-12H,4-9H2,1-3H3,(H,17,18,19). The maximum absolute atomic E-state index is 11.9. The van der Waals surface area contributed by atoms with Crippen molar-refractivity contribution in [1.82, 2.24) is 9.97 Å². The number of anilines is 2. The number of carbonyl (C=O) groups is 1. The van der Waals surface area contributed by atoms with Crippen molar-refractivity contribution in [2.75, 3.05) is 43.6 Å². The summed E-state index contributed by atoms with van der Waals surface area (Å²) < 4.78 is 10.1. The van der Waals surface area contributed by atoms with Gasteiger partial charge in [-0.3, -0.25) is 14.9 Å². The molecule has 1 aliphatic heterocycles. The summed E-state index contributed by atoms with van der Waals surface area (Å²) in [6.07, 6.45) is 2.45. The van der Waals surface area contributed by atoms with Crippen LogP contribution in [0.15, 0.2) is 6.33 Å². The number of nitrogens with zero attached hydrogens (tertiary/aromatic N) is 4. The van der Waals surface area contributed by atoms with Crippen LogP contribution in [0.3, 0.4) is 0 Å². The van der Waals surface area contributed by atoms with Crippen LogP contribution in [0, 0.1) is 16.0 Å². The summed E-state index contributed by atoms with van der Waals surface area (Å²) in [7, 11) is 1.56. The zero-order valence-electron chi connectivity index (χ0n) is 15.3. The number of esters is 1. The number of aromatic nitrogens is 2. The first-order valence-electron chi connectivity index (χ1n) is 8.64. The van der Waals surface area contributed by atoms with E-state index in [2.05, 4.69) is 15.3 Å². The third kappa shape index (κ3) is 4.78. The first-order chi connectivity index (χ1) is 12.5. The zero-order chi connectivity index (χ0) is 19.1. The molecule has 0 aliphatic carbocycles. The van der Waals surface area contributed by atoms with Crippen LogP contribution in [0.5, 0.6) is 0 Å². The zero-order valence-corrected chi connectivity index (χ0v) is 15.3. The van der Waals surface area contributed by atoms with Gasteiger partial charge in [0, 0.05) is 26.2 Å². The van der Waals surface area contributed by atoms with E-state index in [1.165, 1.54) is 6.33 Å². The van der Waals surface area contributed by atoms with Gasteiger partial charge >= 0.3 is 11.7 Å². The Morgan fingerprint density at radius 2 is 2.15 bits per heavy atom. The number of nitrogens with one attached hydrogen (secondary N) is 1. The molecule has 1 N–H and O–H groups in total. The third-order valence-corrected chi connectivity index (χ3v) is 4.20. The van der Waals surface area contributed by atoms with Crippen molar-refractivity contribution in [3.63, 3.8) is 0 Å². The minimum absolute atomic E-state index is 0.143. The van der Waals surface area contributed by atoms with Crippen LogP contribution in [-0.2, 0) is 14.3 Å². The Bertz CT molecular complexity index is 633. The average molecular weight is 367 g/mol. The van der Waals surface area contributed by atoms with Gasteiger partial charge in [-0.15, -0.1) is 0 Å². The van der Waals surface area contributed by atoms with Gasteiger partial charge in [-0.25, -0.2) is 9.97 Å². The Kier molecular flexibility index (Phi) is 7.07. The molecule has 0 bridgehead atoms. The van der Waals surface area contributed by atoms with Gasteiger partial charge in [-0.1, -0.05) is 0 Å². The van der Waals surface area contributed by atoms with E-state index in [1.807, 2.05) is 11.8 Å². The third-order valence-electron chi connectivity index (χ3n) is 4.20. The monoisotopic (exact) mass is 367 g/mol. The molecule has 1 aromatic rings. The number of carbonyl (C=O) groups excluding carboxylic acids is 1. The maximum Gasteiger partial charge on any atom is 0.353 e. The molecule has 0 aromatic carbocycles. The maximum atomic E-state index is 11.9. The van der Waals surface area contributed by atoms with E-state index in [9.17, 15) is 14.9 Å². The number of piperidine rings is 1. The van der Waals surface area contributed by atoms with E-state index in [1.54, 1.807) is 14.0 Å². The minimum Gasteiger partial charge on any atom is -0.466 e. The average Bonchev–Trinajstić information content (AvgIpc) is 2.62. The Morgan fingerprint density at radius 1 is 1.46 bits per heavy atom. The first-order valence-corrected chi connectivity index (χ1v) is 8.64. The first kappa shape index (κ1) is 19.8. The summed E-state index contributed by atoms with van der Waals surface area (Å²) in [4.78, 5) is 33.0. The summed E-state index contributed by atoms with van der Waals surface area (Å²) in [5, 5.41) is 14.6. The highest BCUT2D eigenvalue weighted by molar-refractivity contribution is 5.74. The molecule has 26 heavy (non-hydrogen) atoms. The second kappa shape index (κ2) is 9.27. The van der Waals surface area contributed by atoms with Gasteiger partial charge in [0.15, 0.2) is 0 Å². The number of nitro groups is 1. The molecule has 10 heteroatoms. The quantitative estimate of drug-likeness (QED) is 0.415. The molecule has 144 valence electrons. The Balaban J connectivity index is 2.17. The molecule has 1 aromatic heterocycles. The predicted octanol–water partition coefficient (Wildman–Crippen LogP) is 1.61. The van der Waals surface area contributed by atoms with Crippen LogP contribution >= 0.6 is 0 Å². The number of hydrogen-bond acceptors (Lipinski definition) is 9. The molecular formula is C16H25N5O5. The number of rotatable bonds is 8. The van der Waals surface area contributed by atoms with E-state index in [-0.39, 0.29) is 35.3 Å². The van der Waals surface area contributed by atoms with Crippen molar-refractivity contribution in [2.24, 2.45) is 5.92 Å². The summed E-state index contributed by atoms with van der Waals surface area (Å²) in [6.45, 7) is 5.35. The lowest BCUT2D eigenvalue weighted by molar-refractivity contribution is -0.383. The van der Waals surface area contributed by atoms with Gasteiger partial charge in [0.2, 0.25) is 11.6 Å². The molecule has 1 fully saturated rings. The molecule has 1 unspecified atom stereocenters. The van der Waals surface area contributed by atoms with Gasteiger partial charge in [0.25, 0.3) is 0 Å². The van der Waals surface area contributed by atoms with E-state index >= 15 is 0 Å². The van der Waals surface area contributed by atoms with E-state index in [0.29, 0.717) is 39.1 Å². The Labute approximate surface area is 152 Å². The van der Waals surface area contributed by atoms with Crippen LogP contribution in [0.25, 0.3) is 0 Å². The molecule has 10 nitrogen and oxygen atoms in total. The topological polar surface area (TPSA) is 120 Å². The molecule has 0 saturated carbocycles. The molecule has 2 rings (SSSR count).